The van der Waals surface area contributed by atoms with E-state index in [1.807, 2.05) is 0 Å². The Balaban J connectivity index is 2.07. The third-order valence-corrected chi connectivity index (χ3v) is 3.01. The molecule has 0 bridgehead atoms. The first kappa shape index (κ1) is 15.4. The number of hydrogen-bond donors (Lipinski definition) is 4. The maximum atomic E-state index is 11.8. The van der Waals surface area contributed by atoms with E-state index in [9.17, 15) is 19.8 Å². The summed E-state index contributed by atoms with van der Waals surface area (Å²) in [5, 5.41) is 24.0. The Morgan fingerprint density at radius 1 is 0.773 bits per heavy atom. The number of benzene rings is 2. The largest absolute Gasteiger partial charge is 0.506 e. The Morgan fingerprint density at radius 2 is 1.14 bits per heavy atom. The average molecular weight is 300 g/mol. The molecule has 2 aromatic rings. The molecule has 2 rings (SSSR count). The van der Waals surface area contributed by atoms with Crippen LogP contribution in [0.15, 0.2) is 36.4 Å². The molecule has 0 heterocycles. The van der Waals surface area contributed by atoms with Crippen molar-refractivity contribution in [2.24, 2.45) is 0 Å². The number of carbonyl (C=O) groups excluding carboxylic acids is 2. The smallest absolute Gasteiger partial charge is 0.314 e. The van der Waals surface area contributed by atoms with Gasteiger partial charge in [0.2, 0.25) is 0 Å². The predicted molar refractivity (Wildman–Crippen MR) is 82.9 cm³/mol. The van der Waals surface area contributed by atoms with Gasteiger partial charge in [-0.05, 0) is 49.2 Å². The third-order valence-electron chi connectivity index (χ3n) is 3.01. The molecule has 0 aromatic heterocycles. The van der Waals surface area contributed by atoms with Gasteiger partial charge in [-0.25, -0.2) is 0 Å². The molecule has 2 amide bonds. The zero-order chi connectivity index (χ0) is 16.3. The van der Waals surface area contributed by atoms with Crippen molar-refractivity contribution in [3.8, 4) is 11.5 Å². The molecule has 2 aromatic carbocycles. The van der Waals surface area contributed by atoms with Crippen LogP contribution in [0.25, 0.3) is 0 Å². The zero-order valence-electron chi connectivity index (χ0n) is 12.2. The second-order valence-electron chi connectivity index (χ2n) is 4.95. The monoisotopic (exact) mass is 300 g/mol. The van der Waals surface area contributed by atoms with Crippen molar-refractivity contribution in [2.45, 2.75) is 13.8 Å². The minimum Gasteiger partial charge on any atom is -0.506 e. The molecule has 0 aliphatic heterocycles. The highest BCUT2D eigenvalue weighted by molar-refractivity contribution is 6.43. The number of aryl methyl sites for hydroxylation is 2. The molecule has 0 fully saturated rings. The summed E-state index contributed by atoms with van der Waals surface area (Å²) >= 11 is 0. The van der Waals surface area contributed by atoms with Crippen molar-refractivity contribution < 1.29 is 19.8 Å². The lowest BCUT2D eigenvalue weighted by molar-refractivity contribution is -0.133. The van der Waals surface area contributed by atoms with Crippen LogP contribution < -0.4 is 10.6 Å². The van der Waals surface area contributed by atoms with Gasteiger partial charge in [0.1, 0.15) is 11.5 Å². The average Bonchev–Trinajstić information content (AvgIpc) is 2.44. The van der Waals surface area contributed by atoms with Crippen molar-refractivity contribution >= 4 is 23.2 Å². The highest BCUT2D eigenvalue weighted by Gasteiger charge is 2.17. The number of carbonyl (C=O) groups is 2. The van der Waals surface area contributed by atoms with Crippen molar-refractivity contribution in [2.75, 3.05) is 10.6 Å². The molecule has 0 aliphatic rings. The fraction of sp³-hybridized carbons (Fsp3) is 0.125. The second kappa shape index (κ2) is 6.17. The molecule has 0 atom stereocenters. The standard InChI is InChI=1S/C16H16N2O4/c1-9-3-5-11(13(19)7-9)17-15(21)16(22)18-12-6-4-10(2)8-14(12)20/h3-8,19-20H,1-2H3,(H,17,21)(H,18,22). The van der Waals surface area contributed by atoms with E-state index in [-0.39, 0.29) is 22.9 Å². The summed E-state index contributed by atoms with van der Waals surface area (Å²) < 4.78 is 0. The summed E-state index contributed by atoms with van der Waals surface area (Å²) in [7, 11) is 0. The Hall–Kier alpha value is -3.02. The SMILES string of the molecule is Cc1ccc(NC(=O)C(=O)Nc2ccc(C)cc2O)c(O)c1. The van der Waals surface area contributed by atoms with E-state index < -0.39 is 11.8 Å². The molecule has 114 valence electrons. The number of rotatable bonds is 2. The van der Waals surface area contributed by atoms with Crippen LogP contribution in [-0.4, -0.2) is 22.0 Å². The summed E-state index contributed by atoms with van der Waals surface area (Å²) in [4.78, 5) is 23.6. The number of phenols is 2. The molecule has 0 unspecified atom stereocenters. The number of aromatic hydroxyl groups is 2. The lowest BCUT2D eigenvalue weighted by Crippen LogP contribution is -2.29. The van der Waals surface area contributed by atoms with E-state index in [0.717, 1.165) is 11.1 Å². The number of anilines is 2. The Kier molecular flexibility index (Phi) is 4.31. The Morgan fingerprint density at radius 3 is 1.45 bits per heavy atom. The maximum Gasteiger partial charge on any atom is 0.314 e. The first-order valence-electron chi connectivity index (χ1n) is 6.58. The molecular weight excluding hydrogens is 284 g/mol. The maximum absolute atomic E-state index is 11.8. The molecule has 22 heavy (non-hydrogen) atoms. The number of nitrogens with one attached hydrogen (secondary N) is 2. The fourth-order valence-electron chi connectivity index (χ4n) is 1.85. The lowest BCUT2D eigenvalue weighted by atomic mass is 10.2. The van der Waals surface area contributed by atoms with Gasteiger partial charge in [-0.2, -0.15) is 0 Å². The molecule has 4 N–H and O–H groups in total. The molecular formula is C16H16N2O4. The van der Waals surface area contributed by atoms with Crippen LogP contribution in [0, 0.1) is 13.8 Å². The highest BCUT2D eigenvalue weighted by atomic mass is 16.3. The van der Waals surface area contributed by atoms with Crippen LogP contribution in [0.1, 0.15) is 11.1 Å². The minimum atomic E-state index is -0.945. The van der Waals surface area contributed by atoms with E-state index in [1.54, 1.807) is 26.0 Å². The first-order valence-corrected chi connectivity index (χ1v) is 6.58. The Bertz CT molecular complexity index is 677. The number of phenolic OH excluding ortho intramolecular Hbond substituents is 2. The summed E-state index contributed by atoms with van der Waals surface area (Å²) in [6.45, 7) is 3.58. The summed E-state index contributed by atoms with van der Waals surface area (Å²) in [5.74, 6) is -2.14. The van der Waals surface area contributed by atoms with E-state index in [1.165, 1.54) is 24.3 Å². The van der Waals surface area contributed by atoms with Crippen LogP contribution in [0.2, 0.25) is 0 Å². The highest BCUT2D eigenvalue weighted by Crippen LogP contribution is 2.25. The van der Waals surface area contributed by atoms with Gasteiger partial charge in [0.25, 0.3) is 0 Å². The molecule has 0 saturated carbocycles. The van der Waals surface area contributed by atoms with Crippen LogP contribution in [0.3, 0.4) is 0 Å². The van der Waals surface area contributed by atoms with Gasteiger partial charge >= 0.3 is 11.8 Å². The van der Waals surface area contributed by atoms with E-state index in [0.29, 0.717) is 0 Å². The van der Waals surface area contributed by atoms with Crippen molar-refractivity contribution in [1.82, 2.24) is 0 Å². The quantitative estimate of drug-likeness (QED) is 0.505. The minimum absolute atomic E-state index is 0.126. The lowest BCUT2D eigenvalue weighted by Gasteiger charge is -2.09. The van der Waals surface area contributed by atoms with Crippen molar-refractivity contribution in [3.05, 3.63) is 47.5 Å². The molecule has 0 aliphatic carbocycles. The van der Waals surface area contributed by atoms with Gasteiger partial charge in [0, 0.05) is 0 Å². The fourth-order valence-corrected chi connectivity index (χ4v) is 1.85. The van der Waals surface area contributed by atoms with Crippen LogP contribution in [0.4, 0.5) is 11.4 Å². The van der Waals surface area contributed by atoms with Crippen molar-refractivity contribution in [3.63, 3.8) is 0 Å². The normalized spacial score (nSPS) is 10.1. The van der Waals surface area contributed by atoms with E-state index in [4.69, 9.17) is 0 Å². The van der Waals surface area contributed by atoms with Gasteiger partial charge in [0.05, 0.1) is 11.4 Å². The van der Waals surface area contributed by atoms with Gasteiger partial charge in [-0.3, -0.25) is 9.59 Å². The van der Waals surface area contributed by atoms with Gasteiger partial charge in [-0.15, -0.1) is 0 Å². The van der Waals surface area contributed by atoms with Gasteiger partial charge in [-0.1, -0.05) is 12.1 Å². The Labute approximate surface area is 127 Å². The number of hydrogen-bond acceptors (Lipinski definition) is 4. The molecule has 6 heteroatoms. The topological polar surface area (TPSA) is 98.7 Å². The van der Waals surface area contributed by atoms with E-state index in [2.05, 4.69) is 10.6 Å². The van der Waals surface area contributed by atoms with Crippen LogP contribution in [0.5, 0.6) is 11.5 Å². The summed E-state index contributed by atoms with van der Waals surface area (Å²) in [6, 6.07) is 9.33. The van der Waals surface area contributed by atoms with Crippen LogP contribution in [-0.2, 0) is 9.59 Å². The summed E-state index contributed by atoms with van der Waals surface area (Å²) in [6.07, 6.45) is 0. The van der Waals surface area contributed by atoms with Crippen molar-refractivity contribution in [1.29, 1.82) is 0 Å². The zero-order valence-corrected chi connectivity index (χ0v) is 12.2. The van der Waals surface area contributed by atoms with Crippen LogP contribution >= 0.6 is 0 Å². The number of amides is 2. The predicted octanol–water partition coefficient (Wildman–Crippen LogP) is 2.29. The van der Waals surface area contributed by atoms with Gasteiger partial charge < -0.3 is 20.8 Å². The molecule has 0 radical (unpaired) electrons. The first-order chi connectivity index (χ1) is 10.4. The molecule has 6 nitrogen and oxygen atoms in total. The second-order valence-corrected chi connectivity index (χ2v) is 4.95. The third kappa shape index (κ3) is 3.54. The van der Waals surface area contributed by atoms with Gasteiger partial charge in [0.15, 0.2) is 0 Å². The van der Waals surface area contributed by atoms with E-state index >= 15 is 0 Å². The summed E-state index contributed by atoms with van der Waals surface area (Å²) in [5.41, 5.74) is 1.92. The molecule has 0 spiro atoms. The molecule has 0 saturated heterocycles.